The van der Waals surface area contributed by atoms with Crippen molar-refractivity contribution in [2.75, 3.05) is 13.6 Å². The van der Waals surface area contributed by atoms with E-state index in [1.54, 1.807) is 0 Å². The molecule has 0 heterocycles. The molecule has 0 saturated carbocycles. The van der Waals surface area contributed by atoms with E-state index in [4.69, 9.17) is 0 Å². The summed E-state index contributed by atoms with van der Waals surface area (Å²) in [6.07, 6.45) is 1.12. The first-order valence-electron chi connectivity index (χ1n) is 6.91. The van der Waals surface area contributed by atoms with Crippen LogP contribution >= 0.6 is 0 Å². The molecule has 1 aromatic rings. The van der Waals surface area contributed by atoms with Gasteiger partial charge in [0.15, 0.2) is 5.96 Å². The first-order valence-corrected chi connectivity index (χ1v) is 6.91. The second-order valence-electron chi connectivity index (χ2n) is 6.15. The van der Waals surface area contributed by atoms with Gasteiger partial charge < -0.3 is 10.6 Å². The van der Waals surface area contributed by atoms with E-state index in [1.165, 1.54) is 11.1 Å². The number of nitrogens with zero attached hydrogens (tertiary/aromatic N) is 1. The zero-order valence-corrected chi connectivity index (χ0v) is 12.9. The van der Waals surface area contributed by atoms with Crippen molar-refractivity contribution in [2.24, 2.45) is 10.4 Å². The minimum Gasteiger partial charge on any atom is -0.356 e. The van der Waals surface area contributed by atoms with Gasteiger partial charge in [0.1, 0.15) is 0 Å². The van der Waals surface area contributed by atoms with E-state index in [2.05, 4.69) is 67.6 Å². The van der Waals surface area contributed by atoms with Gasteiger partial charge in [-0.15, -0.1) is 0 Å². The molecule has 0 unspecified atom stereocenters. The Morgan fingerprint density at radius 1 is 1.21 bits per heavy atom. The first-order chi connectivity index (χ1) is 8.90. The molecule has 3 nitrogen and oxygen atoms in total. The Kier molecular flexibility index (Phi) is 5.87. The third-order valence-corrected chi connectivity index (χ3v) is 2.93. The van der Waals surface area contributed by atoms with Crippen molar-refractivity contribution in [1.82, 2.24) is 10.6 Å². The first kappa shape index (κ1) is 15.5. The Bertz CT molecular complexity index is 416. The van der Waals surface area contributed by atoms with Crippen LogP contribution in [0.4, 0.5) is 0 Å². The fourth-order valence-electron chi connectivity index (χ4n) is 1.78. The topological polar surface area (TPSA) is 36.4 Å². The van der Waals surface area contributed by atoms with E-state index < -0.39 is 0 Å². The lowest BCUT2D eigenvalue weighted by molar-refractivity contribution is 0.377. The van der Waals surface area contributed by atoms with Gasteiger partial charge in [-0.25, -0.2) is 0 Å². The number of benzene rings is 1. The van der Waals surface area contributed by atoms with Crippen molar-refractivity contribution in [3.05, 3.63) is 35.4 Å². The molecule has 19 heavy (non-hydrogen) atoms. The maximum atomic E-state index is 4.24. The largest absolute Gasteiger partial charge is 0.356 e. The zero-order valence-electron chi connectivity index (χ0n) is 12.9. The van der Waals surface area contributed by atoms with Gasteiger partial charge >= 0.3 is 0 Å². The van der Waals surface area contributed by atoms with E-state index >= 15 is 0 Å². The molecule has 0 amide bonds. The number of hydrogen-bond donors (Lipinski definition) is 2. The van der Waals surface area contributed by atoms with Crippen LogP contribution in [-0.4, -0.2) is 19.6 Å². The van der Waals surface area contributed by atoms with E-state index in [-0.39, 0.29) is 0 Å². The minimum absolute atomic E-state index is 0.350. The van der Waals surface area contributed by atoms with Gasteiger partial charge in [-0.3, -0.25) is 4.99 Å². The van der Waals surface area contributed by atoms with Crippen LogP contribution < -0.4 is 10.6 Å². The van der Waals surface area contributed by atoms with Crippen LogP contribution in [0, 0.1) is 12.3 Å². The number of nitrogens with one attached hydrogen (secondary N) is 2. The summed E-state index contributed by atoms with van der Waals surface area (Å²) < 4.78 is 0. The Balaban J connectivity index is 2.37. The summed E-state index contributed by atoms with van der Waals surface area (Å²) in [5.41, 5.74) is 2.91. The van der Waals surface area contributed by atoms with Crippen LogP contribution in [0.25, 0.3) is 0 Å². The van der Waals surface area contributed by atoms with E-state index in [9.17, 15) is 0 Å². The summed E-state index contributed by atoms with van der Waals surface area (Å²) in [7, 11) is 1.81. The summed E-state index contributed by atoms with van der Waals surface area (Å²) in [4.78, 5) is 4.24. The standard InChI is InChI=1S/C16H27N3/c1-13-7-6-8-14(11-13)12-19-15(17-5)18-10-9-16(2,3)4/h6-8,11H,9-10,12H2,1-5H3,(H2,17,18,19). The number of rotatable bonds is 4. The van der Waals surface area contributed by atoms with Gasteiger partial charge in [-0.1, -0.05) is 50.6 Å². The van der Waals surface area contributed by atoms with Crippen molar-refractivity contribution in [3.63, 3.8) is 0 Å². The van der Waals surface area contributed by atoms with Crippen LogP contribution in [0.3, 0.4) is 0 Å². The normalized spacial score (nSPS) is 12.4. The van der Waals surface area contributed by atoms with Crippen LogP contribution in [-0.2, 0) is 6.54 Å². The molecule has 0 aromatic heterocycles. The van der Waals surface area contributed by atoms with Crippen molar-refractivity contribution < 1.29 is 0 Å². The van der Waals surface area contributed by atoms with Crippen molar-refractivity contribution >= 4 is 5.96 Å². The molecule has 0 aliphatic carbocycles. The molecular weight excluding hydrogens is 234 g/mol. The fraction of sp³-hybridized carbons (Fsp3) is 0.562. The molecule has 0 radical (unpaired) electrons. The van der Waals surface area contributed by atoms with Crippen molar-refractivity contribution in [1.29, 1.82) is 0 Å². The number of guanidine groups is 1. The maximum Gasteiger partial charge on any atom is 0.191 e. The van der Waals surface area contributed by atoms with Crippen LogP contribution in [0.5, 0.6) is 0 Å². The summed E-state index contributed by atoms with van der Waals surface area (Å²) >= 11 is 0. The third-order valence-electron chi connectivity index (χ3n) is 2.93. The monoisotopic (exact) mass is 261 g/mol. The molecule has 106 valence electrons. The summed E-state index contributed by atoms with van der Waals surface area (Å²) in [5.74, 6) is 0.866. The van der Waals surface area contributed by atoms with Crippen molar-refractivity contribution in [2.45, 2.75) is 40.7 Å². The molecule has 0 bridgehead atoms. The molecule has 2 N–H and O–H groups in total. The molecular formula is C16H27N3. The predicted octanol–water partition coefficient (Wildman–Crippen LogP) is 3.10. The lowest BCUT2D eigenvalue weighted by Gasteiger charge is -2.19. The molecule has 0 spiro atoms. The summed E-state index contributed by atoms with van der Waals surface area (Å²) in [6.45, 7) is 10.6. The molecule has 0 aliphatic rings. The highest BCUT2D eigenvalue weighted by Crippen LogP contribution is 2.16. The Hall–Kier alpha value is -1.51. The summed E-state index contributed by atoms with van der Waals surface area (Å²) in [6, 6.07) is 8.51. The summed E-state index contributed by atoms with van der Waals surface area (Å²) in [5, 5.41) is 6.69. The second kappa shape index (κ2) is 7.17. The molecule has 0 aliphatic heterocycles. The second-order valence-corrected chi connectivity index (χ2v) is 6.15. The van der Waals surface area contributed by atoms with Gasteiger partial charge in [-0.05, 0) is 24.3 Å². The van der Waals surface area contributed by atoms with Gasteiger partial charge in [0.25, 0.3) is 0 Å². The predicted molar refractivity (Wildman–Crippen MR) is 83.5 cm³/mol. The van der Waals surface area contributed by atoms with E-state index in [0.717, 1.165) is 25.5 Å². The molecule has 1 rings (SSSR count). The molecule has 0 fully saturated rings. The lowest BCUT2D eigenvalue weighted by atomic mass is 9.92. The lowest BCUT2D eigenvalue weighted by Crippen LogP contribution is -2.38. The fourth-order valence-corrected chi connectivity index (χ4v) is 1.78. The highest BCUT2D eigenvalue weighted by atomic mass is 15.2. The smallest absolute Gasteiger partial charge is 0.191 e. The maximum absolute atomic E-state index is 4.24. The Morgan fingerprint density at radius 3 is 2.53 bits per heavy atom. The van der Waals surface area contributed by atoms with E-state index in [1.807, 2.05) is 7.05 Å². The average Bonchev–Trinajstić information content (AvgIpc) is 2.32. The molecule has 1 aromatic carbocycles. The highest BCUT2D eigenvalue weighted by molar-refractivity contribution is 5.79. The SMILES string of the molecule is CN=C(NCCC(C)(C)C)NCc1cccc(C)c1. The zero-order chi connectivity index (χ0) is 14.3. The quantitative estimate of drug-likeness (QED) is 0.645. The minimum atomic E-state index is 0.350. The van der Waals surface area contributed by atoms with Gasteiger partial charge in [0.2, 0.25) is 0 Å². The number of aliphatic imine (C=N–C) groups is 1. The average molecular weight is 261 g/mol. The van der Waals surface area contributed by atoms with Crippen LogP contribution in [0.1, 0.15) is 38.3 Å². The number of aryl methyl sites for hydroxylation is 1. The van der Waals surface area contributed by atoms with Crippen molar-refractivity contribution in [3.8, 4) is 0 Å². The van der Waals surface area contributed by atoms with Gasteiger partial charge in [0.05, 0.1) is 0 Å². The highest BCUT2D eigenvalue weighted by Gasteiger charge is 2.09. The third kappa shape index (κ3) is 6.85. The van der Waals surface area contributed by atoms with Crippen LogP contribution in [0.2, 0.25) is 0 Å². The Morgan fingerprint density at radius 2 is 1.95 bits per heavy atom. The molecule has 0 saturated heterocycles. The van der Waals surface area contributed by atoms with Gasteiger partial charge in [-0.2, -0.15) is 0 Å². The number of hydrogen-bond acceptors (Lipinski definition) is 1. The Labute approximate surface area is 117 Å². The van der Waals surface area contributed by atoms with Crippen LogP contribution in [0.15, 0.2) is 29.3 Å². The molecule has 0 atom stereocenters. The van der Waals surface area contributed by atoms with E-state index in [0.29, 0.717) is 5.41 Å². The van der Waals surface area contributed by atoms with Gasteiger partial charge in [0, 0.05) is 20.1 Å². The molecule has 3 heteroatoms.